The molecule has 0 aliphatic heterocycles. The molecule has 0 aromatic carbocycles. The van der Waals surface area contributed by atoms with Gasteiger partial charge in [-0.05, 0) is 54.8 Å². The van der Waals surface area contributed by atoms with Crippen LogP contribution in [0.15, 0.2) is 23.8 Å². The first-order valence-corrected chi connectivity index (χ1v) is 14.4. The normalized spacial score (nSPS) is 15.2. The third kappa shape index (κ3) is 11.3. The van der Waals surface area contributed by atoms with E-state index in [1.165, 1.54) is 13.2 Å². The Labute approximate surface area is 199 Å². The Bertz CT molecular complexity index is 547. The van der Waals surface area contributed by atoms with Crippen molar-refractivity contribution < 1.29 is 23.4 Å². The van der Waals surface area contributed by atoms with Crippen LogP contribution in [-0.2, 0) is 23.4 Å². The Morgan fingerprint density at radius 3 is 1.97 bits per heavy atom. The fraction of sp³-hybridized carbons (Fsp3) is 0.808. The predicted octanol–water partition coefficient (Wildman–Crippen LogP) is 6.69. The lowest BCUT2D eigenvalue weighted by Gasteiger charge is -2.44. The number of methoxy groups -OCH3 is 1. The Balaban J connectivity index is 5.39. The van der Waals surface area contributed by atoms with Crippen LogP contribution in [0, 0.1) is 5.92 Å². The monoisotopic (exact) mass is 470 g/mol. The van der Waals surface area contributed by atoms with Gasteiger partial charge in [0.15, 0.2) is 0 Å². The first kappa shape index (κ1) is 31.0. The van der Waals surface area contributed by atoms with E-state index in [9.17, 15) is 4.79 Å². The van der Waals surface area contributed by atoms with E-state index in [4.69, 9.17) is 18.6 Å². The average molecular weight is 471 g/mol. The highest BCUT2D eigenvalue weighted by Crippen LogP contribution is 2.43. The largest absolute Gasteiger partial charge is 0.466 e. The van der Waals surface area contributed by atoms with Gasteiger partial charge in [-0.2, -0.15) is 0 Å². The highest BCUT2D eigenvalue weighted by atomic mass is 28.4. The summed E-state index contributed by atoms with van der Waals surface area (Å²) in [4.78, 5) is 11.6. The van der Waals surface area contributed by atoms with Gasteiger partial charge in [0, 0.05) is 19.3 Å². The lowest BCUT2D eigenvalue weighted by atomic mass is 10.0. The third-order valence-electron chi connectivity index (χ3n) is 6.11. The van der Waals surface area contributed by atoms with Gasteiger partial charge in [-0.3, -0.25) is 0 Å². The molecule has 0 bridgehead atoms. The predicted molar refractivity (Wildman–Crippen MR) is 137 cm³/mol. The number of carbonyl (C=O) groups is 1. The molecule has 5 nitrogen and oxygen atoms in total. The van der Waals surface area contributed by atoms with Gasteiger partial charge in [0.05, 0.1) is 26.4 Å². The lowest BCUT2D eigenvalue weighted by molar-refractivity contribution is -0.134. The maximum absolute atomic E-state index is 11.6. The molecule has 6 heteroatoms. The molecule has 0 saturated heterocycles. The van der Waals surface area contributed by atoms with Crippen LogP contribution in [0.25, 0.3) is 0 Å². The smallest absolute Gasteiger partial charge is 0.330 e. The Hall–Kier alpha value is -0.953. The first-order chi connectivity index (χ1) is 15.0. The molecule has 0 aliphatic rings. The fourth-order valence-electron chi connectivity index (χ4n) is 4.50. The standard InChI is InChI=1S/C26H50O5Si/c1-11-29-16-17-30-19-24(9)13-15-25(14-12-23(8)18-26(27)28-10)31-32(20(2)3,21(4)5)22(6)7/h12,14,18,20-22,24-25H,11,13,15-17,19H2,1-10H3/b14-12+,23-18-/t24-,25-/m0/s1. The second-order valence-corrected chi connectivity index (χ2v) is 15.1. The minimum Gasteiger partial charge on any atom is -0.466 e. The Morgan fingerprint density at radius 1 is 0.906 bits per heavy atom. The van der Waals surface area contributed by atoms with Gasteiger partial charge in [0.1, 0.15) is 0 Å². The van der Waals surface area contributed by atoms with Crippen LogP contribution in [-0.4, -0.2) is 53.9 Å². The van der Waals surface area contributed by atoms with Crippen molar-refractivity contribution in [2.75, 3.05) is 33.5 Å². The summed E-state index contributed by atoms with van der Waals surface area (Å²) in [6.45, 7) is 22.7. The van der Waals surface area contributed by atoms with Crippen molar-refractivity contribution in [1.29, 1.82) is 0 Å². The highest BCUT2D eigenvalue weighted by Gasteiger charge is 2.46. The minimum absolute atomic E-state index is 0.0146. The van der Waals surface area contributed by atoms with Crippen LogP contribution in [0.4, 0.5) is 0 Å². The van der Waals surface area contributed by atoms with E-state index in [1.807, 2.05) is 19.9 Å². The van der Waals surface area contributed by atoms with Crippen molar-refractivity contribution in [3.05, 3.63) is 23.8 Å². The summed E-state index contributed by atoms with van der Waals surface area (Å²) in [5.41, 5.74) is 2.42. The molecule has 0 N–H and O–H groups in total. The van der Waals surface area contributed by atoms with Crippen LogP contribution in [0.5, 0.6) is 0 Å². The molecule has 0 aromatic rings. The molecule has 0 unspecified atom stereocenters. The molecule has 0 rings (SSSR count). The molecule has 188 valence electrons. The molecule has 0 heterocycles. The summed E-state index contributed by atoms with van der Waals surface area (Å²) in [7, 11) is -0.628. The first-order valence-electron chi connectivity index (χ1n) is 12.3. The van der Waals surface area contributed by atoms with E-state index >= 15 is 0 Å². The fourth-order valence-corrected chi connectivity index (χ4v) is 10.0. The molecule has 0 spiro atoms. The van der Waals surface area contributed by atoms with Crippen LogP contribution in [0.2, 0.25) is 16.6 Å². The van der Waals surface area contributed by atoms with Crippen molar-refractivity contribution in [1.82, 2.24) is 0 Å². The average Bonchev–Trinajstić information content (AvgIpc) is 2.72. The quantitative estimate of drug-likeness (QED) is 0.0779. The number of carbonyl (C=O) groups excluding carboxylic acids is 1. The summed E-state index contributed by atoms with van der Waals surface area (Å²) >= 11 is 0. The molecule has 0 saturated carbocycles. The summed E-state index contributed by atoms with van der Waals surface area (Å²) in [6, 6.07) is 0. The van der Waals surface area contributed by atoms with E-state index < -0.39 is 8.32 Å². The zero-order valence-electron chi connectivity index (χ0n) is 22.4. The lowest BCUT2D eigenvalue weighted by Crippen LogP contribution is -2.50. The van der Waals surface area contributed by atoms with Crippen molar-refractivity contribution in [3.63, 3.8) is 0 Å². The molecule has 0 amide bonds. The van der Waals surface area contributed by atoms with Crippen LogP contribution in [0.3, 0.4) is 0 Å². The summed E-state index contributed by atoms with van der Waals surface area (Å²) in [5, 5.41) is 0. The van der Waals surface area contributed by atoms with E-state index in [2.05, 4.69) is 54.5 Å². The molecule has 0 aliphatic carbocycles. The maximum Gasteiger partial charge on any atom is 0.330 e. The molecular formula is C26H50O5Si. The van der Waals surface area contributed by atoms with Gasteiger partial charge in [-0.15, -0.1) is 0 Å². The second kappa shape index (κ2) is 16.6. The zero-order chi connectivity index (χ0) is 24.7. The van der Waals surface area contributed by atoms with Crippen molar-refractivity contribution in [2.24, 2.45) is 5.92 Å². The number of hydrogen-bond donors (Lipinski definition) is 0. The second-order valence-electron chi connectivity index (χ2n) is 9.70. The Kier molecular flexibility index (Phi) is 16.1. The third-order valence-corrected chi connectivity index (χ3v) is 12.2. The molecule has 0 fully saturated rings. The number of esters is 1. The number of rotatable bonds is 17. The van der Waals surface area contributed by atoms with E-state index in [1.54, 1.807) is 0 Å². The summed E-state index contributed by atoms with van der Waals surface area (Å²) in [6.07, 6.45) is 7.60. The van der Waals surface area contributed by atoms with Crippen molar-refractivity contribution in [3.8, 4) is 0 Å². The van der Waals surface area contributed by atoms with Crippen LogP contribution in [0.1, 0.15) is 75.2 Å². The van der Waals surface area contributed by atoms with Gasteiger partial charge < -0.3 is 18.6 Å². The van der Waals surface area contributed by atoms with Crippen molar-refractivity contribution >= 4 is 14.3 Å². The van der Waals surface area contributed by atoms with Gasteiger partial charge in [-0.1, -0.05) is 60.6 Å². The van der Waals surface area contributed by atoms with Crippen LogP contribution >= 0.6 is 0 Å². The summed E-state index contributed by atoms with van der Waals surface area (Å²) < 4.78 is 22.9. The molecule has 32 heavy (non-hydrogen) atoms. The van der Waals surface area contributed by atoms with Gasteiger partial charge in [-0.25, -0.2) is 4.79 Å². The number of hydrogen-bond acceptors (Lipinski definition) is 5. The highest BCUT2D eigenvalue weighted by molar-refractivity contribution is 6.77. The van der Waals surface area contributed by atoms with E-state index in [0.29, 0.717) is 35.8 Å². The van der Waals surface area contributed by atoms with Gasteiger partial charge in [0.2, 0.25) is 8.32 Å². The summed E-state index contributed by atoms with van der Waals surface area (Å²) in [5.74, 6) is 0.105. The van der Waals surface area contributed by atoms with E-state index in [0.717, 1.165) is 31.6 Å². The molecule has 0 aromatic heterocycles. The zero-order valence-corrected chi connectivity index (χ0v) is 23.4. The molecule has 0 radical (unpaired) electrons. The minimum atomic E-state index is -2.02. The molecular weight excluding hydrogens is 420 g/mol. The van der Waals surface area contributed by atoms with Gasteiger partial charge in [0.25, 0.3) is 0 Å². The number of ether oxygens (including phenoxy) is 3. The topological polar surface area (TPSA) is 54.0 Å². The SMILES string of the molecule is CCOCCOC[C@@H](C)CC[C@H](/C=C/C(C)=C\C(=O)OC)O[Si](C(C)C)(C(C)C)C(C)C. The van der Waals surface area contributed by atoms with Crippen molar-refractivity contribution in [2.45, 2.75) is 97.9 Å². The molecule has 2 atom stereocenters. The van der Waals surface area contributed by atoms with E-state index in [-0.39, 0.29) is 12.1 Å². The van der Waals surface area contributed by atoms with Gasteiger partial charge >= 0.3 is 5.97 Å². The maximum atomic E-state index is 11.6. The van der Waals surface area contributed by atoms with Crippen LogP contribution < -0.4 is 0 Å². The number of allylic oxidation sites excluding steroid dienone is 2. The Morgan fingerprint density at radius 2 is 1.47 bits per heavy atom.